The van der Waals surface area contributed by atoms with E-state index in [9.17, 15) is 13.2 Å². The van der Waals surface area contributed by atoms with Gasteiger partial charge in [-0.15, -0.1) is 13.2 Å². The van der Waals surface area contributed by atoms with Crippen molar-refractivity contribution in [3.05, 3.63) is 18.3 Å². The summed E-state index contributed by atoms with van der Waals surface area (Å²) in [6.07, 6.45) is -3.04. The predicted octanol–water partition coefficient (Wildman–Crippen LogP) is 2.41. The topological polar surface area (TPSA) is 54.4 Å². The van der Waals surface area contributed by atoms with Crippen molar-refractivity contribution < 1.29 is 23.0 Å². The molecule has 4 nitrogen and oxygen atoms in total. The van der Waals surface area contributed by atoms with Gasteiger partial charge in [0.1, 0.15) is 11.6 Å². The van der Waals surface area contributed by atoms with E-state index >= 15 is 0 Å². The molecular formula is C11H15F3N2O2. The smallest absolute Gasteiger partial charge is 0.404 e. The van der Waals surface area contributed by atoms with Crippen LogP contribution in [0.3, 0.4) is 0 Å². The summed E-state index contributed by atoms with van der Waals surface area (Å²) in [5.41, 5.74) is 0. The summed E-state index contributed by atoms with van der Waals surface area (Å²) in [5.74, 6) is 0.369. The lowest BCUT2D eigenvalue weighted by Gasteiger charge is -2.12. The number of hydrogen-bond acceptors (Lipinski definition) is 4. The number of anilines is 1. The van der Waals surface area contributed by atoms with Crippen LogP contribution in [0.15, 0.2) is 18.3 Å². The van der Waals surface area contributed by atoms with E-state index in [2.05, 4.69) is 15.0 Å². The molecule has 0 fully saturated rings. The van der Waals surface area contributed by atoms with Crippen LogP contribution in [0.25, 0.3) is 0 Å². The first-order valence-electron chi connectivity index (χ1n) is 5.47. The molecule has 0 bridgehead atoms. The van der Waals surface area contributed by atoms with Crippen molar-refractivity contribution in [2.24, 2.45) is 5.92 Å². The van der Waals surface area contributed by atoms with E-state index in [4.69, 9.17) is 5.11 Å². The predicted molar refractivity (Wildman–Crippen MR) is 60.3 cm³/mol. The Hall–Kier alpha value is -1.50. The maximum absolute atomic E-state index is 11.9. The van der Waals surface area contributed by atoms with Crippen molar-refractivity contribution in [1.29, 1.82) is 0 Å². The molecule has 0 spiro atoms. The summed E-state index contributed by atoms with van der Waals surface area (Å²) in [4.78, 5) is 3.80. The molecule has 0 saturated heterocycles. The summed E-state index contributed by atoms with van der Waals surface area (Å²) in [6.45, 7) is 2.64. The highest BCUT2D eigenvalue weighted by molar-refractivity contribution is 5.37. The molecular weight excluding hydrogens is 249 g/mol. The molecule has 1 heterocycles. The van der Waals surface area contributed by atoms with Gasteiger partial charge >= 0.3 is 6.36 Å². The number of nitrogens with zero attached hydrogens (tertiary/aromatic N) is 1. The second kappa shape index (κ2) is 6.44. The third-order valence-electron chi connectivity index (χ3n) is 2.22. The Morgan fingerprint density at radius 2 is 2.17 bits per heavy atom. The highest BCUT2D eigenvalue weighted by atomic mass is 19.4. The number of aliphatic hydroxyl groups excluding tert-OH is 1. The van der Waals surface area contributed by atoms with E-state index in [1.807, 2.05) is 6.92 Å². The summed E-state index contributed by atoms with van der Waals surface area (Å²) >= 11 is 0. The molecule has 1 aromatic rings. The van der Waals surface area contributed by atoms with Crippen molar-refractivity contribution >= 4 is 5.82 Å². The van der Waals surface area contributed by atoms with Crippen LogP contribution in [0.1, 0.15) is 13.3 Å². The van der Waals surface area contributed by atoms with E-state index in [-0.39, 0.29) is 18.3 Å². The van der Waals surface area contributed by atoms with E-state index in [1.54, 1.807) is 0 Å². The number of ether oxygens (including phenoxy) is 1. The van der Waals surface area contributed by atoms with Gasteiger partial charge in [0.2, 0.25) is 0 Å². The average Bonchev–Trinajstić information content (AvgIpc) is 2.26. The lowest BCUT2D eigenvalue weighted by molar-refractivity contribution is -0.274. The minimum atomic E-state index is -4.70. The van der Waals surface area contributed by atoms with Gasteiger partial charge in [0.25, 0.3) is 0 Å². The Bertz CT molecular complexity index is 354. The zero-order valence-electron chi connectivity index (χ0n) is 9.87. The van der Waals surface area contributed by atoms with Gasteiger partial charge < -0.3 is 15.2 Å². The fourth-order valence-corrected chi connectivity index (χ4v) is 1.28. The average molecular weight is 264 g/mol. The van der Waals surface area contributed by atoms with Gasteiger partial charge in [-0.3, -0.25) is 0 Å². The van der Waals surface area contributed by atoms with E-state index in [0.717, 1.165) is 6.20 Å². The second-order valence-electron chi connectivity index (χ2n) is 3.93. The van der Waals surface area contributed by atoms with E-state index in [1.165, 1.54) is 12.1 Å². The monoisotopic (exact) mass is 264 g/mol. The standard InChI is InChI=1S/C11H15F3N2O2/c1-8(4-5-17)6-15-10-3-2-9(7-16-10)18-11(12,13)14/h2-3,7-8,17H,4-6H2,1H3,(H,15,16). The van der Waals surface area contributed by atoms with Crippen LogP contribution in [0, 0.1) is 5.92 Å². The van der Waals surface area contributed by atoms with Crippen LogP contribution in [-0.2, 0) is 0 Å². The molecule has 18 heavy (non-hydrogen) atoms. The molecule has 0 amide bonds. The number of halogens is 3. The Morgan fingerprint density at radius 3 is 2.67 bits per heavy atom. The Kier molecular flexibility index (Phi) is 5.21. The normalized spacial score (nSPS) is 13.2. The maximum atomic E-state index is 11.9. The lowest BCUT2D eigenvalue weighted by atomic mass is 10.1. The quantitative estimate of drug-likeness (QED) is 0.828. The molecule has 1 rings (SSSR count). The van der Waals surface area contributed by atoms with Gasteiger partial charge in [-0.05, 0) is 24.5 Å². The Labute approximate surface area is 103 Å². The number of aromatic nitrogens is 1. The number of rotatable bonds is 6. The van der Waals surface area contributed by atoms with Crippen molar-refractivity contribution in [1.82, 2.24) is 4.98 Å². The largest absolute Gasteiger partial charge is 0.573 e. The summed E-state index contributed by atoms with van der Waals surface area (Å²) < 4.78 is 39.4. The highest BCUT2D eigenvalue weighted by Gasteiger charge is 2.31. The first kappa shape index (κ1) is 14.6. The number of pyridine rings is 1. The molecule has 0 aliphatic heterocycles. The minimum absolute atomic E-state index is 0.106. The minimum Gasteiger partial charge on any atom is -0.404 e. The summed E-state index contributed by atoms with van der Waals surface area (Å²) in [7, 11) is 0. The third kappa shape index (κ3) is 5.72. The molecule has 0 aromatic carbocycles. The van der Waals surface area contributed by atoms with Crippen LogP contribution >= 0.6 is 0 Å². The Morgan fingerprint density at radius 1 is 1.44 bits per heavy atom. The fourth-order valence-electron chi connectivity index (χ4n) is 1.28. The SMILES string of the molecule is CC(CCO)CNc1ccc(OC(F)(F)F)cn1. The van der Waals surface area contributed by atoms with Crippen molar-refractivity contribution in [3.63, 3.8) is 0 Å². The van der Waals surface area contributed by atoms with Crippen molar-refractivity contribution in [2.45, 2.75) is 19.7 Å². The zero-order chi connectivity index (χ0) is 13.6. The molecule has 7 heteroatoms. The van der Waals surface area contributed by atoms with Gasteiger partial charge in [-0.2, -0.15) is 0 Å². The maximum Gasteiger partial charge on any atom is 0.573 e. The van der Waals surface area contributed by atoms with Gasteiger partial charge in [-0.1, -0.05) is 6.92 Å². The first-order chi connectivity index (χ1) is 8.40. The van der Waals surface area contributed by atoms with E-state index < -0.39 is 6.36 Å². The molecule has 2 N–H and O–H groups in total. The Balaban J connectivity index is 2.45. The second-order valence-corrected chi connectivity index (χ2v) is 3.93. The number of aliphatic hydroxyl groups is 1. The molecule has 102 valence electrons. The van der Waals surface area contributed by atoms with Crippen molar-refractivity contribution in [2.75, 3.05) is 18.5 Å². The van der Waals surface area contributed by atoms with Gasteiger partial charge in [0.15, 0.2) is 0 Å². The summed E-state index contributed by atoms with van der Waals surface area (Å²) in [5, 5.41) is 11.7. The van der Waals surface area contributed by atoms with Gasteiger partial charge in [-0.25, -0.2) is 4.98 Å². The first-order valence-corrected chi connectivity index (χ1v) is 5.47. The van der Waals surface area contributed by atoms with Crippen LogP contribution in [0.2, 0.25) is 0 Å². The van der Waals surface area contributed by atoms with Crippen molar-refractivity contribution in [3.8, 4) is 5.75 Å². The zero-order valence-corrected chi connectivity index (χ0v) is 9.87. The van der Waals surface area contributed by atoms with Crippen LogP contribution in [0.4, 0.5) is 19.0 Å². The van der Waals surface area contributed by atoms with Crippen LogP contribution in [0.5, 0.6) is 5.75 Å². The molecule has 0 saturated carbocycles. The molecule has 1 aromatic heterocycles. The molecule has 0 aliphatic carbocycles. The summed E-state index contributed by atoms with van der Waals surface area (Å²) in [6, 6.07) is 2.60. The number of nitrogens with one attached hydrogen (secondary N) is 1. The third-order valence-corrected chi connectivity index (χ3v) is 2.22. The number of alkyl halides is 3. The molecule has 0 aliphatic rings. The molecule has 1 unspecified atom stereocenters. The van der Waals surface area contributed by atoms with Gasteiger partial charge in [0, 0.05) is 13.2 Å². The van der Waals surface area contributed by atoms with Crippen LogP contribution < -0.4 is 10.1 Å². The highest BCUT2D eigenvalue weighted by Crippen LogP contribution is 2.22. The fraction of sp³-hybridized carbons (Fsp3) is 0.545. The van der Waals surface area contributed by atoms with Crippen LogP contribution in [-0.4, -0.2) is 29.6 Å². The van der Waals surface area contributed by atoms with E-state index in [0.29, 0.717) is 18.8 Å². The number of hydrogen-bond donors (Lipinski definition) is 2. The molecule has 0 radical (unpaired) electrons. The molecule has 1 atom stereocenters. The lowest BCUT2D eigenvalue weighted by Crippen LogP contribution is -2.17. The van der Waals surface area contributed by atoms with Gasteiger partial charge in [0.05, 0.1) is 6.20 Å².